The van der Waals surface area contributed by atoms with E-state index in [1.807, 2.05) is 19.5 Å². The van der Waals surface area contributed by atoms with E-state index in [4.69, 9.17) is 4.74 Å². The van der Waals surface area contributed by atoms with Gasteiger partial charge in [-0.2, -0.15) is 0 Å². The van der Waals surface area contributed by atoms with Gasteiger partial charge in [-0.1, -0.05) is 0 Å². The summed E-state index contributed by atoms with van der Waals surface area (Å²) in [6.07, 6.45) is -0.775. The van der Waals surface area contributed by atoms with E-state index in [9.17, 15) is 9.18 Å². The van der Waals surface area contributed by atoms with Gasteiger partial charge in [0.05, 0.1) is 17.8 Å². The Bertz CT molecular complexity index is 599. The minimum Gasteiger partial charge on any atom is -0.366 e. The molecule has 0 aromatic carbocycles. The number of carbonyl (C=O) groups excluding carboxylic acids is 1. The molecule has 3 atom stereocenters. The molecule has 1 amide bonds. The van der Waals surface area contributed by atoms with Crippen molar-refractivity contribution in [2.24, 2.45) is 0 Å². The van der Waals surface area contributed by atoms with Crippen molar-refractivity contribution in [3.8, 4) is 0 Å². The molecule has 2 aliphatic rings. The van der Waals surface area contributed by atoms with Gasteiger partial charge in [0.2, 0.25) is 0 Å². The van der Waals surface area contributed by atoms with Gasteiger partial charge in [0.15, 0.2) is 0 Å². The number of aryl methyl sites for hydroxylation is 1. The van der Waals surface area contributed by atoms with Gasteiger partial charge in [-0.05, 0) is 20.4 Å². The van der Waals surface area contributed by atoms with Crippen LogP contribution in [0, 0.1) is 6.92 Å². The zero-order valence-corrected chi connectivity index (χ0v) is 16.0. The van der Waals surface area contributed by atoms with Gasteiger partial charge < -0.3 is 14.5 Å². The summed E-state index contributed by atoms with van der Waals surface area (Å²) in [7, 11) is 3.79. The molecule has 0 aliphatic carbocycles. The number of hydrogen-bond acceptors (Lipinski definition) is 6. The van der Waals surface area contributed by atoms with Crippen molar-refractivity contribution >= 4 is 17.2 Å². The van der Waals surface area contributed by atoms with Crippen LogP contribution in [0.25, 0.3) is 0 Å². The zero-order chi connectivity index (χ0) is 18.0. The monoisotopic (exact) mass is 370 g/mol. The average molecular weight is 370 g/mol. The summed E-state index contributed by atoms with van der Waals surface area (Å²) >= 11 is 1.61. The summed E-state index contributed by atoms with van der Waals surface area (Å²) in [4.78, 5) is 24.0. The molecule has 1 unspecified atom stereocenters. The first-order chi connectivity index (χ1) is 11.9. The van der Waals surface area contributed by atoms with Crippen LogP contribution < -0.4 is 0 Å². The van der Waals surface area contributed by atoms with E-state index in [1.54, 1.807) is 23.3 Å². The summed E-state index contributed by atoms with van der Waals surface area (Å²) in [5, 5.41) is 0. The van der Waals surface area contributed by atoms with Crippen LogP contribution in [-0.4, -0.2) is 90.8 Å². The van der Waals surface area contributed by atoms with Gasteiger partial charge in [0.1, 0.15) is 12.3 Å². The number of ether oxygens (including phenoxy) is 1. The Balaban J connectivity index is 1.59. The minimum atomic E-state index is -0.834. The van der Waals surface area contributed by atoms with Crippen molar-refractivity contribution in [1.82, 2.24) is 19.7 Å². The first-order valence-corrected chi connectivity index (χ1v) is 9.64. The van der Waals surface area contributed by atoms with Crippen LogP contribution in [0.1, 0.15) is 17.0 Å². The molecule has 8 heteroatoms. The molecule has 3 heterocycles. The average Bonchev–Trinajstić information content (AvgIpc) is 3.13. The quantitative estimate of drug-likeness (QED) is 0.778. The molecular weight excluding hydrogens is 343 g/mol. The van der Waals surface area contributed by atoms with E-state index in [1.165, 1.54) is 4.88 Å². The molecule has 0 saturated carbocycles. The summed E-state index contributed by atoms with van der Waals surface area (Å²) in [5.74, 6) is -0.0113. The van der Waals surface area contributed by atoms with Crippen LogP contribution in [0.4, 0.5) is 4.39 Å². The van der Waals surface area contributed by atoms with Crippen LogP contribution in [-0.2, 0) is 16.1 Å². The van der Waals surface area contributed by atoms with Crippen LogP contribution in [0.5, 0.6) is 0 Å². The molecule has 2 saturated heterocycles. The first kappa shape index (κ1) is 18.7. The van der Waals surface area contributed by atoms with Crippen molar-refractivity contribution in [3.05, 3.63) is 16.1 Å². The molecule has 6 nitrogen and oxygen atoms in total. The predicted octanol–water partition coefficient (Wildman–Crippen LogP) is 1.15. The number of hydrogen-bond donors (Lipinski definition) is 0. The Kier molecular flexibility index (Phi) is 6.04. The molecule has 0 radical (unpaired) electrons. The van der Waals surface area contributed by atoms with Crippen molar-refractivity contribution in [2.75, 3.05) is 46.9 Å². The van der Waals surface area contributed by atoms with E-state index >= 15 is 0 Å². The molecule has 3 rings (SSSR count). The van der Waals surface area contributed by atoms with Crippen molar-refractivity contribution in [3.63, 3.8) is 0 Å². The Morgan fingerprint density at radius 2 is 2.32 bits per heavy atom. The molecule has 2 fully saturated rings. The standard InChI is InChI=1S/C17H27FN4O2S/c1-12-16(25-11-19-12)10-22-7-13(18)6-14(22)8-21(3)17(23)15-9-20(2)4-5-24-15/h11,13-15H,4-10H2,1-3H3/t13-,14-,15?/m0/s1. The lowest BCUT2D eigenvalue weighted by molar-refractivity contribution is -0.148. The van der Waals surface area contributed by atoms with Gasteiger partial charge in [-0.15, -0.1) is 11.3 Å². The molecule has 0 spiro atoms. The lowest BCUT2D eigenvalue weighted by Crippen LogP contribution is -2.51. The van der Waals surface area contributed by atoms with E-state index in [2.05, 4.69) is 14.8 Å². The van der Waals surface area contributed by atoms with Crippen molar-refractivity contribution < 1.29 is 13.9 Å². The second-order valence-corrected chi connectivity index (χ2v) is 8.06. The summed E-state index contributed by atoms with van der Waals surface area (Å²) < 4.78 is 19.6. The number of amides is 1. The number of thiazole rings is 1. The largest absolute Gasteiger partial charge is 0.366 e. The fraction of sp³-hybridized carbons (Fsp3) is 0.765. The van der Waals surface area contributed by atoms with E-state index in [-0.39, 0.29) is 11.9 Å². The number of carbonyl (C=O) groups is 1. The smallest absolute Gasteiger partial charge is 0.252 e. The van der Waals surface area contributed by atoms with Gasteiger partial charge in [-0.25, -0.2) is 9.37 Å². The second-order valence-electron chi connectivity index (χ2n) is 7.12. The first-order valence-electron chi connectivity index (χ1n) is 8.76. The molecule has 0 bridgehead atoms. The van der Waals surface area contributed by atoms with E-state index in [0.717, 1.165) is 12.2 Å². The Labute approximate surface area is 152 Å². The lowest BCUT2D eigenvalue weighted by Gasteiger charge is -2.33. The van der Waals surface area contributed by atoms with Crippen LogP contribution in [0.15, 0.2) is 5.51 Å². The molecule has 0 N–H and O–H groups in total. The van der Waals surface area contributed by atoms with Gasteiger partial charge in [0, 0.05) is 50.7 Å². The second kappa shape index (κ2) is 8.07. The van der Waals surface area contributed by atoms with E-state index < -0.39 is 12.3 Å². The molecular formula is C17H27FN4O2S. The number of nitrogens with zero attached hydrogens (tertiary/aromatic N) is 4. The number of likely N-dealkylation sites (N-methyl/N-ethyl adjacent to an activating group) is 2. The Hall–Kier alpha value is -1.09. The molecule has 140 valence electrons. The Morgan fingerprint density at radius 1 is 1.52 bits per heavy atom. The van der Waals surface area contributed by atoms with E-state index in [0.29, 0.717) is 39.2 Å². The summed E-state index contributed by atoms with van der Waals surface area (Å²) in [6, 6.07) is 0.0340. The fourth-order valence-electron chi connectivity index (χ4n) is 3.55. The summed E-state index contributed by atoms with van der Waals surface area (Å²) in [5.41, 5.74) is 2.84. The van der Waals surface area contributed by atoms with Crippen molar-refractivity contribution in [1.29, 1.82) is 0 Å². The number of likely N-dealkylation sites (tertiary alicyclic amines) is 1. The number of alkyl halides is 1. The molecule has 1 aromatic heterocycles. The topological polar surface area (TPSA) is 48.9 Å². The Morgan fingerprint density at radius 3 is 3.00 bits per heavy atom. The summed E-state index contributed by atoms with van der Waals surface area (Å²) in [6.45, 7) is 5.68. The van der Waals surface area contributed by atoms with Gasteiger partial charge >= 0.3 is 0 Å². The number of morpholine rings is 1. The minimum absolute atomic E-state index is 0.0113. The number of halogens is 1. The van der Waals surface area contributed by atoms with Gasteiger partial charge in [0.25, 0.3) is 5.91 Å². The maximum absolute atomic E-state index is 14.0. The number of rotatable bonds is 5. The lowest BCUT2D eigenvalue weighted by atomic mass is 10.1. The SMILES string of the molecule is Cc1ncsc1CN1C[C@@H](F)C[C@H]1CN(C)C(=O)C1CN(C)CCO1. The highest BCUT2D eigenvalue weighted by molar-refractivity contribution is 7.09. The highest BCUT2D eigenvalue weighted by atomic mass is 32.1. The van der Waals surface area contributed by atoms with Crippen LogP contribution in [0.2, 0.25) is 0 Å². The maximum atomic E-state index is 14.0. The number of aromatic nitrogens is 1. The molecule has 2 aliphatic heterocycles. The van der Waals surface area contributed by atoms with Crippen molar-refractivity contribution in [2.45, 2.75) is 38.2 Å². The van der Waals surface area contributed by atoms with Crippen LogP contribution >= 0.6 is 11.3 Å². The maximum Gasteiger partial charge on any atom is 0.252 e. The van der Waals surface area contributed by atoms with Gasteiger partial charge in [-0.3, -0.25) is 9.69 Å². The highest BCUT2D eigenvalue weighted by Gasteiger charge is 2.35. The zero-order valence-electron chi connectivity index (χ0n) is 15.2. The normalized spacial score (nSPS) is 28.4. The predicted molar refractivity (Wildman–Crippen MR) is 95.4 cm³/mol. The van der Waals surface area contributed by atoms with Crippen LogP contribution in [0.3, 0.4) is 0 Å². The highest BCUT2D eigenvalue weighted by Crippen LogP contribution is 2.26. The molecule has 25 heavy (non-hydrogen) atoms. The fourth-order valence-corrected chi connectivity index (χ4v) is 4.35. The molecule has 1 aromatic rings. The third-order valence-electron chi connectivity index (χ3n) is 5.07. The third kappa shape index (κ3) is 4.55. The third-order valence-corrected chi connectivity index (χ3v) is 5.99.